The lowest BCUT2D eigenvalue weighted by molar-refractivity contribution is 0.0664. The normalized spacial score (nSPS) is 15.8. The van der Waals surface area contributed by atoms with Crippen molar-refractivity contribution in [2.24, 2.45) is 0 Å². The highest BCUT2D eigenvalue weighted by Crippen LogP contribution is 2.28. The molecule has 162 valence electrons. The van der Waals surface area contributed by atoms with Crippen LogP contribution in [0.25, 0.3) is 0 Å². The van der Waals surface area contributed by atoms with Crippen LogP contribution in [0.5, 0.6) is 0 Å². The number of carbonyl (C=O) groups excluding carboxylic acids is 1. The van der Waals surface area contributed by atoms with Gasteiger partial charge in [0.15, 0.2) is 0 Å². The second-order valence-electron chi connectivity index (χ2n) is 9.01. The van der Waals surface area contributed by atoms with Gasteiger partial charge in [-0.25, -0.2) is 8.42 Å². The Labute approximate surface area is 179 Å². The lowest BCUT2D eigenvalue weighted by Crippen LogP contribution is -2.47. The van der Waals surface area contributed by atoms with E-state index in [0.717, 1.165) is 18.7 Å². The predicted octanol–water partition coefficient (Wildman–Crippen LogP) is 3.48. The van der Waals surface area contributed by atoms with Crippen LogP contribution in [0.3, 0.4) is 0 Å². The smallest absolute Gasteiger partial charge is 0.262 e. The molecule has 3 rings (SSSR count). The highest BCUT2D eigenvalue weighted by atomic mass is 32.2. The molecule has 2 aromatic carbocycles. The molecule has 0 unspecified atom stereocenters. The van der Waals surface area contributed by atoms with Crippen LogP contribution >= 0.6 is 0 Å². The Kier molecular flexibility index (Phi) is 6.24. The van der Waals surface area contributed by atoms with Crippen LogP contribution in [-0.4, -0.2) is 57.4 Å². The third-order valence-corrected chi connectivity index (χ3v) is 7.04. The zero-order chi connectivity index (χ0) is 22.1. The van der Waals surface area contributed by atoms with E-state index in [9.17, 15) is 13.2 Å². The Bertz CT molecular complexity index is 1020. The first kappa shape index (κ1) is 22.3. The number of amides is 1. The molecule has 1 saturated heterocycles. The van der Waals surface area contributed by atoms with Gasteiger partial charge in [0.05, 0.1) is 4.90 Å². The van der Waals surface area contributed by atoms with Gasteiger partial charge in [-0.2, -0.15) is 0 Å². The maximum atomic E-state index is 13.0. The Morgan fingerprint density at radius 3 is 2.13 bits per heavy atom. The van der Waals surface area contributed by atoms with E-state index in [2.05, 4.69) is 30.4 Å². The summed E-state index contributed by atoms with van der Waals surface area (Å²) in [6.07, 6.45) is 0. The molecule has 0 aromatic heterocycles. The fraction of sp³-hybridized carbons (Fsp3) is 0.435. The lowest BCUT2D eigenvalue weighted by Gasteiger charge is -2.32. The standard InChI is InChI=1S/C23H31N3O3S/c1-17-6-9-19(23(2,3)4)16-21(17)30(28,29)24-20-10-7-18(8-11-20)22(27)26-14-12-25(5)13-15-26/h6-11,16,24H,12-15H2,1-5H3. The minimum Gasteiger partial charge on any atom is -0.336 e. The van der Waals surface area contributed by atoms with Crippen LogP contribution < -0.4 is 4.72 Å². The van der Waals surface area contributed by atoms with Crippen molar-refractivity contribution in [3.8, 4) is 0 Å². The molecule has 1 heterocycles. The third kappa shape index (κ3) is 5.02. The average Bonchev–Trinajstić information content (AvgIpc) is 2.67. The van der Waals surface area contributed by atoms with E-state index < -0.39 is 10.0 Å². The van der Waals surface area contributed by atoms with Gasteiger partial charge in [-0.1, -0.05) is 32.9 Å². The maximum Gasteiger partial charge on any atom is 0.262 e. The first-order chi connectivity index (χ1) is 14.0. The molecule has 1 N–H and O–H groups in total. The summed E-state index contributed by atoms with van der Waals surface area (Å²) in [4.78, 5) is 17.0. The molecule has 6 nitrogen and oxygen atoms in total. The summed E-state index contributed by atoms with van der Waals surface area (Å²) in [5, 5.41) is 0. The van der Waals surface area contributed by atoms with Crippen LogP contribution in [-0.2, 0) is 15.4 Å². The fourth-order valence-electron chi connectivity index (χ4n) is 3.44. The van der Waals surface area contributed by atoms with Gasteiger partial charge in [0.25, 0.3) is 15.9 Å². The molecule has 30 heavy (non-hydrogen) atoms. The summed E-state index contributed by atoms with van der Waals surface area (Å²) in [5.74, 6) is -0.0220. The Balaban J connectivity index is 1.77. The number of anilines is 1. The summed E-state index contributed by atoms with van der Waals surface area (Å²) in [6.45, 7) is 11.1. The number of rotatable bonds is 4. The molecular weight excluding hydrogens is 398 g/mol. The molecule has 0 bridgehead atoms. The van der Waals surface area contributed by atoms with E-state index in [-0.39, 0.29) is 16.2 Å². The van der Waals surface area contributed by atoms with Crippen LogP contribution in [0.1, 0.15) is 42.3 Å². The quantitative estimate of drug-likeness (QED) is 0.808. The van der Waals surface area contributed by atoms with Crippen molar-refractivity contribution >= 4 is 21.6 Å². The summed E-state index contributed by atoms with van der Waals surface area (Å²) in [5.41, 5.74) is 2.50. The number of hydrogen-bond donors (Lipinski definition) is 1. The van der Waals surface area contributed by atoms with Gasteiger partial charge >= 0.3 is 0 Å². The topological polar surface area (TPSA) is 69.7 Å². The molecule has 0 atom stereocenters. The van der Waals surface area contributed by atoms with Crippen molar-refractivity contribution in [2.45, 2.75) is 38.0 Å². The van der Waals surface area contributed by atoms with E-state index >= 15 is 0 Å². The summed E-state index contributed by atoms with van der Waals surface area (Å²) < 4.78 is 28.7. The van der Waals surface area contributed by atoms with Crippen molar-refractivity contribution in [1.82, 2.24) is 9.80 Å². The van der Waals surface area contributed by atoms with Gasteiger partial charge in [0.1, 0.15) is 0 Å². The molecular formula is C23H31N3O3S. The van der Waals surface area contributed by atoms with E-state index in [0.29, 0.717) is 29.9 Å². The SMILES string of the molecule is Cc1ccc(C(C)(C)C)cc1S(=O)(=O)Nc1ccc(C(=O)N2CCN(C)CC2)cc1. The molecule has 2 aromatic rings. The van der Waals surface area contributed by atoms with Crippen LogP contribution in [0.4, 0.5) is 5.69 Å². The Morgan fingerprint density at radius 2 is 1.57 bits per heavy atom. The number of nitrogens with zero attached hydrogens (tertiary/aromatic N) is 2. The van der Waals surface area contributed by atoms with Crippen LogP contribution in [0, 0.1) is 6.92 Å². The van der Waals surface area contributed by atoms with Crippen LogP contribution in [0.2, 0.25) is 0 Å². The zero-order valence-electron chi connectivity index (χ0n) is 18.4. The van der Waals surface area contributed by atoms with E-state index in [1.165, 1.54) is 0 Å². The first-order valence-electron chi connectivity index (χ1n) is 10.2. The molecule has 1 aliphatic heterocycles. The van der Waals surface area contributed by atoms with Gasteiger partial charge in [-0.3, -0.25) is 9.52 Å². The van der Waals surface area contributed by atoms with Gasteiger partial charge in [0.2, 0.25) is 0 Å². The lowest BCUT2D eigenvalue weighted by atomic mass is 9.87. The third-order valence-electron chi connectivity index (χ3n) is 5.52. The number of sulfonamides is 1. The second-order valence-corrected chi connectivity index (χ2v) is 10.7. The van der Waals surface area contributed by atoms with Crippen molar-refractivity contribution in [2.75, 3.05) is 37.9 Å². The van der Waals surface area contributed by atoms with E-state index in [1.54, 1.807) is 37.3 Å². The molecule has 1 amide bonds. The second kappa shape index (κ2) is 8.40. The fourth-order valence-corrected chi connectivity index (χ4v) is 4.77. The van der Waals surface area contributed by atoms with Gasteiger partial charge in [0, 0.05) is 37.4 Å². The van der Waals surface area contributed by atoms with Crippen molar-refractivity contribution < 1.29 is 13.2 Å². The highest BCUT2D eigenvalue weighted by Gasteiger charge is 2.23. The monoisotopic (exact) mass is 429 g/mol. The predicted molar refractivity (Wildman–Crippen MR) is 121 cm³/mol. The molecule has 1 fully saturated rings. The van der Waals surface area contributed by atoms with Gasteiger partial charge in [-0.05, 0) is 60.8 Å². The van der Waals surface area contributed by atoms with Crippen molar-refractivity contribution in [3.63, 3.8) is 0 Å². The molecule has 0 aliphatic carbocycles. The minimum absolute atomic E-state index is 0.0220. The summed E-state index contributed by atoms with van der Waals surface area (Å²) in [7, 11) is -1.69. The number of carbonyl (C=O) groups is 1. The maximum absolute atomic E-state index is 13.0. The summed E-state index contributed by atoms with van der Waals surface area (Å²) >= 11 is 0. The van der Waals surface area contributed by atoms with E-state index in [4.69, 9.17) is 0 Å². The number of piperazine rings is 1. The molecule has 0 saturated carbocycles. The molecule has 0 spiro atoms. The number of aryl methyl sites for hydroxylation is 1. The highest BCUT2D eigenvalue weighted by molar-refractivity contribution is 7.92. The number of hydrogen-bond acceptors (Lipinski definition) is 4. The van der Waals surface area contributed by atoms with E-state index in [1.807, 2.05) is 24.1 Å². The molecule has 0 radical (unpaired) electrons. The van der Waals surface area contributed by atoms with Crippen LogP contribution in [0.15, 0.2) is 47.4 Å². The van der Waals surface area contributed by atoms with Crippen molar-refractivity contribution in [1.29, 1.82) is 0 Å². The zero-order valence-corrected chi connectivity index (χ0v) is 19.2. The first-order valence-corrected chi connectivity index (χ1v) is 11.7. The van der Waals surface area contributed by atoms with Crippen molar-refractivity contribution in [3.05, 3.63) is 59.2 Å². The Morgan fingerprint density at radius 1 is 0.967 bits per heavy atom. The number of nitrogens with one attached hydrogen (secondary N) is 1. The van der Waals surface area contributed by atoms with Gasteiger partial charge in [-0.15, -0.1) is 0 Å². The number of likely N-dealkylation sites (N-methyl/N-ethyl adjacent to an activating group) is 1. The summed E-state index contributed by atoms with van der Waals surface area (Å²) in [6, 6.07) is 12.2. The minimum atomic E-state index is -3.74. The largest absolute Gasteiger partial charge is 0.336 e. The van der Waals surface area contributed by atoms with Gasteiger partial charge < -0.3 is 9.80 Å². The number of benzene rings is 2. The Hall–Kier alpha value is -2.38. The molecule has 7 heteroatoms. The average molecular weight is 430 g/mol. The molecule has 1 aliphatic rings.